The Bertz CT molecular complexity index is 485. The zero-order valence-corrected chi connectivity index (χ0v) is 9.13. The van der Waals surface area contributed by atoms with E-state index in [-0.39, 0.29) is 5.41 Å². The highest BCUT2D eigenvalue weighted by atomic mass is 32.1. The van der Waals surface area contributed by atoms with Crippen molar-refractivity contribution >= 4 is 23.7 Å². The lowest BCUT2D eigenvalue weighted by atomic mass is 9.80. The average molecular weight is 220 g/mol. The van der Waals surface area contributed by atoms with Crippen molar-refractivity contribution in [2.45, 2.75) is 5.41 Å². The van der Waals surface area contributed by atoms with Gasteiger partial charge in [0, 0.05) is 5.75 Å². The smallest absolute Gasteiger partial charge is 0.0931 e. The molecule has 4 heteroatoms. The second-order valence-electron chi connectivity index (χ2n) is 4.07. The van der Waals surface area contributed by atoms with Crippen LogP contribution in [-0.4, -0.2) is 28.9 Å². The Balaban J connectivity index is 2.10. The Morgan fingerprint density at radius 3 is 3.00 bits per heavy atom. The summed E-state index contributed by atoms with van der Waals surface area (Å²) in [5.74, 6) is 0.826. The highest BCUT2D eigenvalue weighted by molar-refractivity contribution is 7.80. The lowest BCUT2D eigenvalue weighted by Crippen LogP contribution is -2.48. The van der Waals surface area contributed by atoms with Gasteiger partial charge in [-0.2, -0.15) is 12.6 Å². The number of rotatable bonds is 2. The van der Waals surface area contributed by atoms with Crippen LogP contribution < -0.4 is 0 Å². The van der Waals surface area contributed by atoms with Gasteiger partial charge in [0.1, 0.15) is 0 Å². The van der Waals surface area contributed by atoms with Crippen molar-refractivity contribution in [1.29, 1.82) is 0 Å². The molecule has 1 aromatic heterocycles. The number of hydrogen-bond donors (Lipinski definition) is 2. The van der Waals surface area contributed by atoms with Gasteiger partial charge in [-0.25, -0.2) is 4.98 Å². The molecule has 1 fully saturated rings. The topological polar surface area (TPSA) is 37.9 Å². The van der Waals surface area contributed by atoms with E-state index in [1.54, 1.807) is 6.33 Å². The normalized spacial score (nSPS) is 19.0. The summed E-state index contributed by atoms with van der Waals surface area (Å²) in [5.41, 5.74) is 3.50. The number of aromatic amines is 1. The fourth-order valence-corrected chi connectivity index (χ4v) is 2.33. The van der Waals surface area contributed by atoms with E-state index in [1.165, 1.54) is 5.56 Å². The predicted molar refractivity (Wildman–Crippen MR) is 62.4 cm³/mol. The molecule has 0 bridgehead atoms. The summed E-state index contributed by atoms with van der Waals surface area (Å²) in [6.07, 6.45) is 1.72. The van der Waals surface area contributed by atoms with Crippen molar-refractivity contribution in [3.63, 3.8) is 0 Å². The molecule has 0 spiro atoms. The van der Waals surface area contributed by atoms with Gasteiger partial charge in [0.05, 0.1) is 36.0 Å². The summed E-state index contributed by atoms with van der Waals surface area (Å²) in [6.45, 7) is 1.55. The van der Waals surface area contributed by atoms with Crippen LogP contribution in [0.2, 0.25) is 0 Å². The van der Waals surface area contributed by atoms with E-state index in [2.05, 4.69) is 34.7 Å². The molecule has 2 aromatic rings. The molecule has 3 nitrogen and oxygen atoms in total. The van der Waals surface area contributed by atoms with Crippen LogP contribution in [0.25, 0.3) is 11.0 Å². The first-order chi connectivity index (χ1) is 7.34. The fraction of sp³-hybridized carbons (Fsp3) is 0.364. The number of imidazole rings is 1. The molecule has 0 unspecified atom stereocenters. The van der Waals surface area contributed by atoms with Crippen molar-refractivity contribution in [3.8, 4) is 0 Å². The lowest BCUT2D eigenvalue weighted by molar-refractivity contribution is -0.0470. The summed E-state index contributed by atoms with van der Waals surface area (Å²) in [6, 6.07) is 6.33. The maximum Gasteiger partial charge on any atom is 0.0931 e. The summed E-state index contributed by atoms with van der Waals surface area (Å²) in [4.78, 5) is 7.33. The van der Waals surface area contributed by atoms with Crippen molar-refractivity contribution < 1.29 is 4.74 Å². The quantitative estimate of drug-likeness (QED) is 0.757. The van der Waals surface area contributed by atoms with Gasteiger partial charge in [-0.3, -0.25) is 0 Å². The number of benzene rings is 1. The van der Waals surface area contributed by atoms with Crippen LogP contribution in [0.4, 0.5) is 0 Å². The Kier molecular flexibility index (Phi) is 2.00. The lowest BCUT2D eigenvalue weighted by Gasteiger charge is -2.40. The SMILES string of the molecule is SCC1(c2ccc3nc[nH]c3c2)COC1. The number of fused-ring (bicyclic) bond motifs is 1. The summed E-state index contributed by atoms with van der Waals surface area (Å²) >= 11 is 4.42. The first-order valence-electron chi connectivity index (χ1n) is 4.96. The molecule has 15 heavy (non-hydrogen) atoms. The van der Waals surface area contributed by atoms with E-state index in [0.717, 1.165) is 30.0 Å². The van der Waals surface area contributed by atoms with Gasteiger partial charge in [-0.05, 0) is 17.7 Å². The van der Waals surface area contributed by atoms with Crippen molar-refractivity contribution in [2.75, 3.05) is 19.0 Å². The van der Waals surface area contributed by atoms with Crippen LogP contribution in [-0.2, 0) is 10.2 Å². The standard InChI is InChI=1S/C11H12N2OS/c15-6-11(4-14-5-11)8-1-2-9-10(3-8)13-7-12-9/h1-3,7,15H,4-6H2,(H,12,13). The molecule has 2 heterocycles. The third-order valence-corrected chi connectivity index (χ3v) is 3.70. The van der Waals surface area contributed by atoms with E-state index < -0.39 is 0 Å². The second-order valence-corrected chi connectivity index (χ2v) is 4.38. The van der Waals surface area contributed by atoms with Crippen LogP contribution in [0, 0.1) is 0 Å². The molecule has 1 N–H and O–H groups in total. The first-order valence-corrected chi connectivity index (χ1v) is 5.60. The zero-order valence-electron chi connectivity index (χ0n) is 8.23. The minimum Gasteiger partial charge on any atom is -0.379 e. The van der Waals surface area contributed by atoms with Gasteiger partial charge < -0.3 is 9.72 Å². The van der Waals surface area contributed by atoms with Gasteiger partial charge in [0.15, 0.2) is 0 Å². The van der Waals surface area contributed by atoms with E-state index in [0.29, 0.717) is 0 Å². The summed E-state index contributed by atoms with van der Waals surface area (Å²) in [5, 5.41) is 0. The predicted octanol–water partition coefficient (Wildman–Crippen LogP) is 1.76. The number of hydrogen-bond acceptors (Lipinski definition) is 3. The number of ether oxygens (including phenoxy) is 1. The number of H-pyrrole nitrogens is 1. The molecule has 3 rings (SSSR count). The van der Waals surface area contributed by atoms with Gasteiger partial charge in [0.2, 0.25) is 0 Å². The van der Waals surface area contributed by atoms with Gasteiger partial charge in [-0.15, -0.1) is 0 Å². The van der Waals surface area contributed by atoms with Gasteiger partial charge >= 0.3 is 0 Å². The monoisotopic (exact) mass is 220 g/mol. The summed E-state index contributed by atoms with van der Waals surface area (Å²) < 4.78 is 5.30. The van der Waals surface area contributed by atoms with E-state index in [9.17, 15) is 0 Å². The van der Waals surface area contributed by atoms with E-state index in [4.69, 9.17) is 4.74 Å². The van der Waals surface area contributed by atoms with Crippen LogP contribution in [0.3, 0.4) is 0 Å². The molecule has 0 saturated carbocycles. The molecule has 1 saturated heterocycles. The van der Waals surface area contributed by atoms with Crippen LogP contribution in [0.1, 0.15) is 5.56 Å². The molecule has 0 radical (unpaired) electrons. The second kappa shape index (κ2) is 3.25. The highest BCUT2D eigenvalue weighted by Gasteiger charge is 2.39. The molecule has 0 atom stereocenters. The minimum absolute atomic E-state index is 0.114. The van der Waals surface area contributed by atoms with Crippen LogP contribution in [0.5, 0.6) is 0 Å². The van der Waals surface area contributed by atoms with E-state index in [1.807, 2.05) is 6.07 Å². The Hall–Kier alpha value is -1.00. The molecule has 78 valence electrons. The Morgan fingerprint density at radius 2 is 2.33 bits per heavy atom. The Morgan fingerprint density at radius 1 is 1.47 bits per heavy atom. The minimum atomic E-state index is 0.114. The number of nitrogens with one attached hydrogen (secondary N) is 1. The van der Waals surface area contributed by atoms with Gasteiger partial charge in [0.25, 0.3) is 0 Å². The molecular weight excluding hydrogens is 208 g/mol. The van der Waals surface area contributed by atoms with Crippen molar-refractivity contribution in [3.05, 3.63) is 30.1 Å². The van der Waals surface area contributed by atoms with Crippen LogP contribution >= 0.6 is 12.6 Å². The Labute approximate surface area is 93.3 Å². The molecule has 1 aliphatic rings. The highest BCUT2D eigenvalue weighted by Crippen LogP contribution is 2.34. The molecule has 0 amide bonds. The van der Waals surface area contributed by atoms with Gasteiger partial charge in [-0.1, -0.05) is 6.07 Å². The first kappa shape index (κ1) is 9.24. The molecule has 1 aromatic carbocycles. The van der Waals surface area contributed by atoms with E-state index >= 15 is 0 Å². The van der Waals surface area contributed by atoms with Crippen LogP contribution in [0.15, 0.2) is 24.5 Å². The number of aromatic nitrogens is 2. The van der Waals surface area contributed by atoms with Crippen molar-refractivity contribution in [1.82, 2.24) is 9.97 Å². The maximum absolute atomic E-state index is 5.30. The largest absolute Gasteiger partial charge is 0.379 e. The number of thiol groups is 1. The third kappa shape index (κ3) is 1.28. The molecule has 1 aliphatic heterocycles. The number of nitrogens with zero attached hydrogens (tertiary/aromatic N) is 1. The fourth-order valence-electron chi connectivity index (χ4n) is 1.96. The third-order valence-electron chi connectivity index (χ3n) is 3.09. The maximum atomic E-state index is 5.30. The average Bonchev–Trinajstić information content (AvgIpc) is 2.64. The molecule has 0 aliphatic carbocycles. The van der Waals surface area contributed by atoms with Crippen molar-refractivity contribution in [2.24, 2.45) is 0 Å². The molecular formula is C11H12N2OS. The summed E-state index contributed by atoms with van der Waals surface area (Å²) in [7, 11) is 0. The zero-order chi connectivity index (χ0) is 10.3.